The van der Waals surface area contributed by atoms with E-state index in [1.807, 2.05) is 13.8 Å². The van der Waals surface area contributed by atoms with Crippen LogP contribution in [0, 0.1) is 6.92 Å². The molecule has 0 saturated carbocycles. The summed E-state index contributed by atoms with van der Waals surface area (Å²) in [7, 11) is 0. The Bertz CT molecular complexity index is 468. The van der Waals surface area contributed by atoms with Gasteiger partial charge in [0.05, 0.1) is 18.4 Å². The van der Waals surface area contributed by atoms with Gasteiger partial charge in [-0.25, -0.2) is 9.97 Å². The van der Waals surface area contributed by atoms with E-state index in [0.717, 1.165) is 10.8 Å². The van der Waals surface area contributed by atoms with E-state index >= 15 is 0 Å². The van der Waals surface area contributed by atoms with Gasteiger partial charge in [-0.3, -0.25) is 5.32 Å². The number of aromatic nitrogens is 2. The number of rotatable bonds is 4. The molecule has 0 radical (unpaired) electrons. The summed E-state index contributed by atoms with van der Waals surface area (Å²) >= 11 is 7.26. The SMILES string of the molecule is Cc1cnc(C(C)NCc2ncc(Cl)s2)o1. The summed E-state index contributed by atoms with van der Waals surface area (Å²) in [5.41, 5.74) is 0. The van der Waals surface area contributed by atoms with Gasteiger partial charge in [0.2, 0.25) is 5.89 Å². The molecule has 0 bridgehead atoms. The number of halogens is 1. The molecule has 16 heavy (non-hydrogen) atoms. The molecular formula is C10H12ClN3OS. The molecule has 2 heterocycles. The fraction of sp³-hybridized carbons (Fsp3) is 0.400. The first-order chi connectivity index (χ1) is 7.65. The van der Waals surface area contributed by atoms with Crippen molar-refractivity contribution in [2.75, 3.05) is 0 Å². The van der Waals surface area contributed by atoms with Gasteiger partial charge < -0.3 is 4.42 Å². The van der Waals surface area contributed by atoms with Gasteiger partial charge in [-0.2, -0.15) is 0 Å². The lowest BCUT2D eigenvalue weighted by molar-refractivity contribution is 0.402. The Morgan fingerprint density at radius 2 is 2.31 bits per heavy atom. The van der Waals surface area contributed by atoms with Crippen LogP contribution in [0.2, 0.25) is 4.34 Å². The minimum Gasteiger partial charge on any atom is -0.444 e. The molecule has 0 aliphatic carbocycles. The Balaban J connectivity index is 1.91. The van der Waals surface area contributed by atoms with E-state index in [2.05, 4.69) is 15.3 Å². The van der Waals surface area contributed by atoms with Crippen molar-refractivity contribution >= 4 is 22.9 Å². The number of hydrogen-bond acceptors (Lipinski definition) is 5. The molecule has 86 valence electrons. The number of oxazole rings is 1. The predicted molar refractivity (Wildman–Crippen MR) is 63.6 cm³/mol. The van der Waals surface area contributed by atoms with Crippen molar-refractivity contribution in [1.29, 1.82) is 0 Å². The summed E-state index contributed by atoms with van der Waals surface area (Å²) in [5, 5.41) is 4.23. The zero-order valence-corrected chi connectivity index (χ0v) is 10.6. The van der Waals surface area contributed by atoms with E-state index in [4.69, 9.17) is 16.0 Å². The van der Waals surface area contributed by atoms with E-state index in [1.54, 1.807) is 12.4 Å². The van der Waals surface area contributed by atoms with Crippen molar-refractivity contribution < 1.29 is 4.42 Å². The molecule has 2 aromatic rings. The normalized spacial score (nSPS) is 12.9. The third-order valence-electron chi connectivity index (χ3n) is 2.09. The predicted octanol–water partition coefficient (Wildman–Crippen LogP) is 2.94. The van der Waals surface area contributed by atoms with Crippen molar-refractivity contribution in [3.63, 3.8) is 0 Å². The van der Waals surface area contributed by atoms with Crippen LogP contribution >= 0.6 is 22.9 Å². The van der Waals surface area contributed by atoms with Gasteiger partial charge in [0.25, 0.3) is 0 Å². The minimum absolute atomic E-state index is 0.0661. The van der Waals surface area contributed by atoms with Crippen LogP contribution in [0.15, 0.2) is 16.8 Å². The van der Waals surface area contributed by atoms with E-state index < -0.39 is 0 Å². The molecular weight excluding hydrogens is 246 g/mol. The third kappa shape index (κ3) is 2.81. The van der Waals surface area contributed by atoms with Crippen LogP contribution in [0.5, 0.6) is 0 Å². The maximum atomic E-state index is 5.79. The van der Waals surface area contributed by atoms with Gasteiger partial charge >= 0.3 is 0 Å². The Morgan fingerprint density at radius 1 is 1.50 bits per heavy atom. The van der Waals surface area contributed by atoms with Gasteiger partial charge in [0.15, 0.2) is 0 Å². The zero-order valence-electron chi connectivity index (χ0n) is 9.03. The summed E-state index contributed by atoms with van der Waals surface area (Å²) in [6.07, 6.45) is 3.37. The summed E-state index contributed by atoms with van der Waals surface area (Å²) in [6.45, 7) is 4.55. The molecule has 0 aromatic carbocycles. The maximum absolute atomic E-state index is 5.79. The molecule has 0 aliphatic rings. The highest BCUT2D eigenvalue weighted by molar-refractivity contribution is 7.15. The van der Waals surface area contributed by atoms with Crippen LogP contribution < -0.4 is 5.32 Å². The van der Waals surface area contributed by atoms with Gasteiger partial charge in [-0.1, -0.05) is 11.6 Å². The van der Waals surface area contributed by atoms with Crippen molar-refractivity contribution in [3.05, 3.63) is 33.4 Å². The highest BCUT2D eigenvalue weighted by atomic mass is 35.5. The average Bonchev–Trinajstić information content (AvgIpc) is 2.84. The summed E-state index contributed by atoms with van der Waals surface area (Å²) in [4.78, 5) is 8.32. The molecule has 4 nitrogen and oxygen atoms in total. The molecule has 0 fully saturated rings. The summed E-state index contributed by atoms with van der Waals surface area (Å²) in [6, 6.07) is 0.0661. The molecule has 1 N–H and O–H groups in total. The lowest BCUT2D eigenvalue weighted by Gasteiger charge is -2.07. The molecule has 6 heteroatoms. The number of nitrogens with one attached hydrogen (secondary N) is 1. The van der Waals surface area contributed by atoms with E-state index in [-0.39, 0.29) is 6.04 Å². The standard InChI is InChI=1S/C10H12ClN3OS/c1-6-3-14-10(15-6)7(2)12-5-9-13-4-8(11)16-9/h3-4,7,12H,5H2,1-2H3. The highest BCUT2D eigenvalue weighted by Crippen LogP contribution is 2.19. The average molecular weight is 258 g/mol. The third-order valence-corrected chi connectivity index (χ3v) is 3.21. The first-order valence-corrected chi connectivity index (χ1v) is 6.10. The van der Waals surface area contributed by atoms with Crippen LogP contribution in [-0.4, -0.2) is 9.97 Å². The van der Waals surface area contributed by atoms with Crippen molar-refractivity contribution in [2.45, 2.75) is 26.4 Å². The second-order valence-corrected chi connectivity index (χ2v) is 5.22. The Hall–Kier alpha value is -0.910. The van der Waals surface area contributed by atoms with Crippen molar-refractivity contribution in [2.24, 2.45) is 0 Å². The molecule has 1 atom stereocenters. The molecule has 1 unspecified atom stereocenters. The monoisotopic (exact) mass is 257 g/mol. The van der Waals surface area contributed by atoms with Crippen LogP contribution in [-0.2, 0) is 6.54 Å². The number of thiazole rings is 1. The van der Waals surface area contributed by atoms with Gasteiger partial charge in [-0.15, -0.1) is 11.3 Å². The van der Waals surface area contributed by atoms with Crippen LogP contribution in [0.4, 0.5) is 0 Å². The molecule has 0 aliphatic heterocycles. The Labute approximate surface area is 103 Å². The van der Waals surface area contributed by atoms with Crippen molar-refractivity contribution in [3.8, 4) is 0 Å². The van der Waals surface area contributed by atoms with Crippen LogP contribution in [0.25, 0.3) is 0 Å². The van der Waals surface area contributed by atoms with Gasteiger partial charge in [0, 0.05) is 6.54 Å². The summed E-state index contributed by atoms with van der Waals surface area (Å²) < 4.78 is 6.13. The maximum Gasteiger partial charge on any atom is 0.211 e. The minimum atomic E-state index is 0.0661. The smallest absolute Gasteiger partial charge is 0.211 e. The van der Waals surface area contributed by atoms with E-state index in [0.29, 0.717) is 16.8 Å². The summed E-state index contributed by atoms with van der Waals surface area (Å²) in [5.74, 6) is 1.51. The number of aryl methyl sites for hydroxylation is 1. The Morgan fingerprint density at radius 3 is 2.88 bits per heavy atom. The molecule has 0 amide bonds. The first kappa shape index (κ1) is 11.6. The topological polar surface area (TPSA) is 51.0 Å². The molecule has 2 rings (SSSR count). The lowest BCUT2D eigenvalue weighted by atomic mass is 10.3. The fourth-order valence-corrected chi connectivity index (χ4v) is 2.18. The van der Waals surface area contributed by atoms with E-state index in [9.17, 15) is 0 Å². The van der Waals surface area contributed by atoms with Gasteiger partial charge in [-0.05, 0) is 13.8 Å². The fourth-order valence-electron chi connectivity index (χ4n) is 1.27. The number of nitrogens with zero attached hydrogens (tertiary/aromatic N) is 2. The molecule has 0 saturated heterocycles. The second kappa shape index (κ2) is 4.95. The van der Waals surface area contributed by atoms with Crippen molar-refractivity contribution in [1.82, 2.24) is 15.3 Å². The van der Waals surface area contributed by atoms with Crippen LogP contribution in [0.1, 0.15) is 29.6 Å². The molecule has 2 aromatic heterocycles. The molecule has 0 spiro atoms. The largest absolute Gasteiger partial charge is 0.444 e. The van der Waals surface area contributed by atoms with Crippen LogP contribution in [0.3, 0.4) is 0 Å². The Kier molecular flexibility index (Phi) is 3.58. The lowest BCUT2D eigenvalue weighted by Crippen LogP contribution is -2.18. The quantitative estimate of drug-likeness (QED) is 0.915. The van der Waals surface area contributed by atoms with Gasteiger partial charge in [0.1, 0.15) is 15.1 Å². The number of hydrogen-bond donors (Lipinski definition) is 1. The van der Waals surface area contributed by atoms with E-state index in [1.165, 1.54) is 11.3 Å². The second-order valence-electron chi connectivity index (χ2n) is 3.47. The zero-order chi connectivity index (χ0) is 11.5. The highest BCUT2D eigenvalue weighted by Gasteiger charge is 2.11. The first-order valence-electron chi connectivity index (χ1n) is 4.91.